The number of H-pyrrole nitrogens is 1. The molecule has 1 amide bonds. The molecule has 1 atom stereocenters. The van der Waals surface area contributed by atoms with E-state index in [2.05, 4.69) is 25.3 Å². The summed E-state index contributed by atoms with van der Waals surface area (Å²) < 4.78 is 0. The van der Waals surface area contributed by atoms with E-state index in [-0.39, 0.29) is 11.7 Å². The number of benzene rings is 2. The van der Waals surface area contributed by atoms with Crippen molar-refractivity contribution >= 4 is 40.3 Å². The van der Waals surface area contributed by atoms with Crippen LogP contribution >= 0.6 is 11.8 Å². The van der Waals surface area contributed by atoms with Crippen molar-refractivity contribution in [3.8, 4) is 0 Å². The van der Waals surface area contributed by atoms with Gasteiger partial charge >= 0.3 is 0 Å². The molecule has 0 saturated carbocycles. The molecule has 1 unspecified atom stereocenters. The molecule has 0 fully saturated rings. The Hall–Kier alpha value is -3.52. The third kappa shape index (κ3) is 4.17. The smallest absolute Gasteiger partial charge is 0.242 e. The zero-order chi connectivity index (χ0) is 20.2. The monoisotopic (exact) mass is 403 g/mol. The van der Waals surface area contributed by atoms with Gasteiger partial charge in [-0.05, 0) is 36.8 Å². The van der Waals surface area contributed by atoms with Crippen LogP contribution in [0.4, 0.5) is 5.69 Å². The summed E-state index contributed by atoms with van der Waals surface area (Å²) in [5.41, 5.74) is 3.31. The number of Topliss-reactive ketones (excluding diaryl/α,β-unsaturated/α-hetero) is 1. The molecule has 2 aromatic carbocycles. The minimum absolute atomic E-state index is 0.0204. The number of ketones is 1. The molecule has 2 heterocycles. The van der Waals surface area contributed by atoms with E-state index in [4.69, 9.17) is 0 Å². The highest BCUT2D eigenvalue weighted by Gasteiger charge is 2.24. The topological polar surface area (TPSA) is 101 Å². The molecule has 29 heavy (non-hydrogen) atoms. The number of hydrogen-bond acceptors (Lipinski definition) is 6. The van der Waals surface area contributed by atoms with Gasteiger partial charge in [0.2, 0.25) is 5.91 Å². The molecular weight excluding hydrogens is 386 g/mol. The number of amides is 1. The molecule has 0 aliphatic carbocycles. The van der Waals surface area contributed by atoms with Gasteiger partial charge in [0.05, 0.1) is 6.33 Å². The summed E-state index contributed by atoms with van der Waals surface area (Å²) in [5, 5.41) is 3.03. The molecule has 7 nitrogen and oxygen atoms in total. The van der Waals surface area contributed by atoms with Gasteiger partial charge in [-0.15, -0.1) is 0 Å². The van der Waals surface area contributed by atoms with E-state index in [0.29, 0.717) is 27.4 Å². The Kier molecular flexibility index (Phi) is 5.35. The van der Waals surface area contributed by atoms with E-state index in [0.717, 1.165) is 5.56 Å². The summed E-state index contributed by atoms with van der Waals surface area (Å²) in [6, 6.07) is 16.3. The van der Waals surface area contributed by atoms with Gasteiger partial charge in [-0.2, -0.15) is 0 Å². The molecule has 0 aliphatic heterocycles. The predicted molar refractivity (Wildman–Crippen MR) is 112 cm³/mol. The van der Waals surface area contributed by atoms with Crippen molar-refractivity contribution in [2.75, 3.05) is 5.32 Å². The number of carbonyl (C=O) groups is 2. The molecule has 0 saturated heterocycles. The summed E-state index contributed by atoms with van der Waals surface area (Å²) in [7, 11) is 0. The maximum absolute atomic E-state index is 13.1. The molecule has 0 spiro atoms. The van der Waals surface area contributed by atoms with Crippen LogP contribution in [0.25, 0.3) is 11.2 Å². The quantitative estimate of drug-likeness (QED) is 0.286. The lowest BCUT2D eigenvalue weighted by molar-refractivity contribution is -0.115. The van der Waals surface area contributed by atoms with E-state index >= 15 is 0 Å². The number of imidazole rings is 1. The van der Waals surface area contributed by atoms with Gasteiger partial charge in [0.15, 0.2) is 11.4 Å². The number of aromatic amines is 1. The normalized spacial score (nSPS) is 11.9. The van der Waals surface area contributed by atoms with Gasteiger partial charge in [-0.1, -0.05) is 42.1 Å². The lowest BCUT2D eigenvalue weighted by atomic mass is 10.1. The molecular formula is C21H17N5O2S. The fraction of sp³-hybridized carbons (Fsp3) is 0.0952. The van der Waals surface area contributed by atoms with Gasteiger partial charge < -0.3 is 10.3 Å². The van der Waals surface area contributed by atoms with Crippen molar-refractivity contribution in [2.45, 2.75) is 17.2 Å². The van der Waals surface area contributed by atoms with Gasteiger partial charge in [0.25, 0.3) is 0 Å². The maximum atomic E-state index is 13.1. The van der Waals surface area contributed by atoms with Crippen molar-refractivity contribution in [3.63, 3.8) is 0 Å². The van der Waals surface area contributed by atoms with Crippen molar-refractivity contribution in [2.24, 2.45) is 0 Å². The Bertz CT molecular complexity index is 1160. The standard InChI is InChI=1S/C21H17N5O2S/c1-13(27)14-7-9-16(10-8-14)26-20(28)18(15-5-3-2-4-6-15)29-21-17-19(23-11-22-17)24-12-25-21/h2-12,18H,1H3,(H,26,28)(H,22,23,24,25). The highest BCUT2D eigenvalue weighted by atomic mass is 32.2. The van der Waals surface area contributed by atoms with E-state index in [1.54, 1.807) is 30.6 Å². The van der Waals surface area contributed by atoms with Crippen LogP contribution in [-0.4, -0.2) is 31.6 Å². The largest absolute Gasteiger partial charge is 0.341 e. The molecule has 0 bridgehead atoms. The third-order valence-corrected chi connectivity index (χ3v) is 5.57. The van der Waals surface area contributed by atoms with E-state index in [1.807, 2.05) is 30.3 Å². The van der Waals surface area contributed by atoms with Crippen molar-refractivity contribution in [1.29, 1.82) is 0 Å². The highest BCUT2D eigenvalue weighted by Crippen LogP contribution is 2.37. The fourth-order valence-electron chi connectivity index (χ4n) is 2.84. The number of nitrogens with one attached hydrogen (secondary N) is 2. The fourth-order valence-corrected chi connectivity index (χ4v) is 3.90. The summed E-state index contributed by atoms with van der Waals surface area (Å²) in [4.78, 5) is 40.2. The number of anilines is 1. The average molecular weight is 403 g/mol. The SMILES string of the molecule is CC(=O)c1ccc(NC(=O)C(Sc2ncnc3nc[nH]c23)c2ccccc2)cc1. The maximum Gasteiger partial charge on any atom is 0.242 e. The van der Waals surface area contributed by atoms with E-state index in [1.165, 1.54) is 25.0 Å². The van der Waals surface area contributed by atoms with Gasteiger partial charge in [0, 0.05) is 11.3 Å². The lowest BCUT2D eigenvalue weighted by Gasteiger charge is -2.17. The molecule has 4 rings (SSSR count). The van der Waals surface area contributed by atoms with Crippen molar-refractivity contribution < 1.29 is 9.59 Å². The Morgan fingerprint density at radius 2 is 1.76 bits per heavy atom. The number of nitrogens with zero attached hydrogens (tertiary/aromatic N) is 3. The first kappa shape index (κ1) is 18.8. The van der Waals surface area contributed by atoms with Crippen LogP contribution in [0.3, 0.4) is 0 Å². The zero-order valence-corrected chi connectivity index (χ0v) is 16.3. The van der Waals surface area contributed by atoms with E-state index in [9.17, 15) is 9.59 Å². The molecule has 8 heteroatoms. The Balaban J connectivity index is 1.63. The van der Waals surface area contributed by atoms with Crippen LogP contribution < -0.4 is 5.32 Å². The molecule has 2 N–H and O–H groups in total. The predicted octanol–water partition coefficient (Wildman–Crippen LogP) is 4.03. The second kappa shape index (κ2) is 8.24. The number of carbonyl (C=O) groups excluding carboxylic acids is 2. The van der Waals surface area contributed by atoms with Gasteiger partial charge in [-0.25, -0.2) is 15.0 Å². The van der Waals surface area contributed by atoms with Crippen LogP contribution in [0.15, 0.2) is 72.3 Å². The first-order chi connectivity index (χ1) is 14.1. The van der Waals surface area contributed by atoms with Crippen LogP contribution in [0.2, 0.25) is 0 Å². The number of thioether (sulfide) groups is 1. The number of hydrogen-bond donors (Lipinski definition) is 2. The Morgan fingerprint density at radius 3 is 2.48 bits per heavy atom. The van der Waals surface area contributed by atoms with Crippen LogP contribution in [-0.2, 0) is 4.79 Å². The molecule has 0 aliphatic rings. The van der Waals surface area contributed by atoms with Gasteiger partial charge in [-0.3, -0.25) is 9.59 Å². The third-order valence-electron chi connectivity index (χ3n) is 4.32. The molecule has 0 radical (unpaired) electrons. The van der Waals surface area contributed by atoms with Crippen molar-refractivity contribution in [1.82, 2.24) is 19.9 Å². The number of aromatic nitrogens is 4. The van der Waals surface area contributed by atoms with E-state index < -0.39 is 5.25 Å². The number of rotatable bonds is 6. The van der Waals surface area contributed by atoms with Gasteiger partial charge in [0.1, 0.15) is 22.1 Å². The minimum atomic E-state index is -0.537. The summed E-state index contributed by atoms with van der Waals surface area (Å²) in [6.07, 6.45) is 2.99. The second-order valence-corrected chi connectivity index (χ2v) is 7.41. The summed E-state index contributed by atoms with van der Waals surface area (Å²) in [6.45, 7) is 1.51. The molecule has 4 aromatic rings. The Labute approximate surface area is 171 Å². The van der Waals surface area contributed by atoms with Crippen molar-refractivity contribution in [3.05, 3.63) is 78.4 Å². The lowest BCUT2D eigenvalue weighted by Crippen LogP contribution is -2.19. The zero-order valence-electron chi connectivity index (χ0n) is 15.5. The minimum Gasteiger partial charge on any atom is -0.341 e. The first-order valence-electron chi connectivity index (χ1n) is 8.89. The second-order valence-electron chi connectivity index (χ2n) is 6.31. The first-order valence-corrected chi connectivity index (χ1v) is 9.77. The summed E-state index contributed by atoms with van der Waals surface area (Å²) >= 11 is 1.32. The average Bonchev–Trinajstić information content (AvgIpc) is 3.22. The van der Waals surface area contributed by atoms with Crippen LogP contribution in [0.5, 0.6) is 0 Å². The number of fused-ring (bicyclic) bond motifs is 1. The molecule has 144 valence electrons. The Morgan fingerprint density at radius 1 is 1.00 bits per heavy atom. The summed E-state index contributed by atoms with van der Waals surface area (Å²) in [5.74, 6) is -0.212. The molecule has 2 aromatic heterocycles. The van der Waals surface area contributed by atoms with Crippen LogP contribution in [0, 0.1) is 0 Å². The highest BCUT2D eigenvalue weighted by molar-refractivity contribution is 8.00. The van der Waals surface area contributed by atoms with Crippen LogP contribution in [0.1, 0.15) is 28.1 Å².